The Morgan fingerprint density at radius 3 is 2.50 bits per heavy atom. The normalized spacial score (nSPS) is 12.2. The number of hydrogen-bond acceptors (Lipinski definition) is 4. The molecule has 0 unspecified atom stereocenters. The fourth-order valence-corrected chi connectivity index (χ4v) is 3.11. The minimum Gasteiger partial charge on any atom is -0.352 e. The molecule has 1 amide bonds. The van der Waals surface area contributed by atoms with Crippen LogP contribution < -0.4 is 10.6 Å². The van der Waals surface area contributed by atoms with Crippen LogP contribution >= 0.6 is 0 Å². The average Bonchev–Trinajstić information content (AvgIpc) is 3.20. The van der Waals surface area contributed by atoms with E-state index in [-0.39, 0.29) is 24.2 Å². The Labute approximate surface area is 195 Å². The number of allylic oxidation sites excluding steroid dienone is 1. The number of fused-ring (bicyclic) bond motifs is 1. The number of amides is 1. The minimum atomic E-state index is -3.59. The maximum absolute atomic E-state index is 15.3. The molecule has 0 radical (unpaired) electrons. The van der Waals surface area contributed by atoms with Crippen LogP contribution in [0.5, 0.6) is 0 Å². The molecule has 34 heavy (non-hydrogen) atoms. The zero-order valence-corrected chi connectivity index (χ0v) is 19.7. The second kappa shape index (κ2) is 10.1. The SMILES string of the molecule is CN=C(C=C(C)C)Nc1nc(C(F)(F)c2ccc(F)cc2)nn2cc(CNC(=O)C(C)C)cc12. The lowest BCUT2D eigenvalue weighted by Gasteiger charge is -2.17. The predicted octanol–water partition coefficient (Wildman–Crippen LogP) is 4.69. The molecule has 2 heterocycles. The Morgan fingerprint density at radius 1 is 1.24 bits per heavy atom. The number of anilines is 1. The molecular weight excluding hydrogens is 445 g/mol. The van der Waals surface area contributed by atoms with E-state index in [9.17, 15) is 9.18 Å². The van der Waals surface area contributed by atoms with E-state index < -0.39 is 23.1 Å². The molecule has 0 fully saturated rings. The third kappa shape index (κ3) is 5.62. The van der Waals surface area contributed by atoms with Crippen LogP contribution in [0.15, 0.2) is 53.2 Å². The zero-order valence-electron chi connectivity index (χ0n) is 19.7. The van der Waals surface area contributed by atoms with Gasteiger partial charge in [-0.15, -0.1) is 5.10 Å². The van der Waals surface area contributed by atoms with Crippen molar-refractivity contribution in [2.24, 2.45) is 10.9 Å². The summed E-state index contributed by atoms with van der Waals surface area (Å²) < 4.78 is 45.2. The standard InChI is InChI=1S/C24H27F3N6O/c1-14(2)10-20(28-5)30-21-19-11-16(12-29-22(34)15(3)4)13-33(19)32-23(31-21)24(26,27)17-6-8-18(25)9-7-17/h6-11,13,15H,12H2,1-5H3,(H,29,34)(H,28,30,31,32). The van der Waals surface area contributed by atoms with E-state index in [2.05, 4.69) is 25.7 Å². The highest BCUT2D eigenvalue weighted by Gasteiger charge is 2.39. The summed E-state index contributed by atoms with van der Waals surface area (Å²) in [7, 11) is 1.57. The van der Waals surface area contributed by atoms with Gasteiger partial charge in [0.2, 0.25) is 11.7 Å². The molecule has 0 saturated heterocycles. The first kappa shape index (κ1) is 24.9. The maximum atomic E-state index is 15.3. The first-order chi connectivity index (χ1) is 16.0. The molecule has 2 N–H and O–H groups in total. The van der Waals surface area contributed by atoms with Gasteiger partial charge in [0.05, 0.1) is 0 Å². The van der Waals surface area contributed by atoms with Gasteiger partial charge >= 0.3 is 5.92 Å². The minimum absolute atomic E-state index is 0.117. The molecule has 0 spiro atoms. The van der Waals surface area contributed by atoms with Gasteiger partial charge in [-0.05, 0) is 55.8 Å². The zero-order chi connectivity index (χ0) is 25.0. The van der Waals surface area contributed by atoms with Crippen molar-refractivity contribution in [1.82, 2.24) is 19.9 Å². The first-order valence-corrected chi connectivity index (χ1v) is 10.7. The molecule has 7 nitrogen and oxygen atoms in total. The van der Waals surface area contributed by atoms with E-state index in [1.807, 2.05) is 13.8 Å². The van der Waals surface area contributed by atoms with Crippen molar-refractivity contribution in [2.75, 3.05) is 12.4 Å². The van der Waals surface area contributed by atoms with E-state index >= 15 is 8.78 Å². The summed E-state index contributed by atoms with van der Waals surface area (Å²) in [5, 5.41) is 9.83. The summed E-state index contributed by atoms with van der Waals surface area (Å²) in [6, 6.07) is 5.63. The number of aliphatic imine (C=N–C) groups is 1. The summed E-state index contributed by atoms with van der Waals surface area (Å²) in [6.45, 7) is 7.51. The van der Waals surface area contributed by atoms with Crippen molar-refractivity contribution >= 4 is 23.1 Å². The number of alkyl halides is 2. The molecule has 10 heteroatoms. The van der Waals surface area contributed by atoms with E-state index in [0.29, 0.717) is 16.9 Å². The lowest BCUT2D eigenvalue weighted by atomic mass is 10.1. The first-order valence-electron chi connectivity index (χ1n) is 10.7. The highest BCUT2D eigenvalue weighted by Crippen LogP contribution is 2.34. The van der Waals surface area contributed by atoms with Gasteiger partial charge in [0.25, 0.3) is 0 Å². The van der Waals surface area contributed by atoms with Gasteiger partial charge in [0.15, 0.2) is 5.82 Å². The number of benzene rings is 1. The van der Waals surface area contributed by atoms with Crippen molar-refractivity contribution in [3.8, 4) is 0 Å². The highest BCUT2D eigenvalue weighted by atomic mass is 19.3. The van der Waals surface area contributed by atoms with Crippen LogP contribution in [0.2, 0.25) is 0 Å². The number of amidine groups is 1. The molecule has 0 saturated carbocycles. The third-order valence-corrected chi connectivity index (χ3v) is 4.91. The quantitative estimate of drug-likeness (QED) is 0.386. The highest BCUT2D eigenvalue weighted by molar-refractivity contribution is 6.05. The van der Waals surface area contributed by atoms with Crippen molar-refractivity contribution in [3.05, 3.63) is 70.9 Å². The van der Waals surface area contributed by atoms with Gasteiger partial charge < -0.3 is 10.6 Å². The van der Waals surface area contributed by atoms with E-state index in [0.717, 1.165) is 29.8 Å². The van der Waals surface area contributed by atoms with Crippen LogP contribution in [0.25, 0.3) is 5.52 Å². The molecule has 3 aromatic rings. The molecule has 0 aliphatic heterocycles. The molecule has 0 aliphatic rings. The van der Waals surface area contributed by atoms with Gasteiger partial charge in [0, 0.05) is 31.3 Å². The number of nitrogens with zero attached hydrogens (tertiary/aromatic N) is 4. The topological polar surface area (TPSA) is 83.7 Å². The summed E-state index contributed by atoms with van der Waals surface area (Å²) in [5.41, 5.74) is 1.59. The van der Waals surface area contributed by atoms with E-state index in [4.69, 9.17) is 0 Å². The molecule has 0 atom stereocenters. The van der Waals surface area contributed by atoms with Gasteiger partial charge in [-0.3, -0.25) is 9.79 Å². The third-order valence-electron chi connectivity index (χ3n) is 4.91. The molecule has 0 bridgehead atoms. The van der Waals surface area contributed by atoms with Gasteiger partial charge in [-0.2, -0.15) is 8.78 Å². The number of rotatable bonds is 7. The van der Waals surface area contributed by atoms with Crippen LogP contribution in [-0.2, 0) is 17.3 Å². The number of hydrogen-bond donors (Lipinski definition) is 2. The average molecular weight is 473 g/mol. The molecule has 0 aliphatic carbocycles. The lowest BCUT2D eigenvalue weighted by Crippen LogP contribution is -2.26. The lowest BCUT2D eigenvalue weighted by molar-refractivity contribution is -0.124. The molecular formula is C24H27F3N6O. The summed E-state index contributed by atoms with van der Waals surface area (Å²) in [4.78, 5) is 20.2. The van der Waals surface area contributed by atoms with Crippen LogP contribution in [0.1, 0.15) is 44.6 Å². The summed E-state index contributed by atoms with van der Waals surface area (Å²) in [5.74, 6) is -4.76. The Bertz CT molecular complexity index is 1240. The molecule has 1 aromatic carbocycles. The van der Waals surface area contributed by atoms with Crippen LogP contribution in [0.4, 0.5) is 19.0 Å². The number of aromatic nitrogens is 3. The van der Waals surface area contributed by atoms with Crippen LogP contribution in [0, 0.1) is 11.7 Å². The van der Waals surface area contributed by atoms with Gasteiger partial charge in [-0.1, -0.05) is 19.4 Å². The summed E-state index contributed by atoms with van der Waals surface area (Å²) in [6.07, 6.45) is 3.31. The molecule has 3 rings (SSSR count). The Hall–Kier alpha value is -3.69. The van der Waals surface area contributed by atoms with Crippen molar-refractivity contribution in [3.63, 3.8) is 0 Å². The van der Waals surface area contributed by atoms with Crippen molar-refractivity contribution < 1.29 is 18.0 Å². The fraction of sp³-hybridized carbons (Fsp3) is 0.333. The maximum Gasteiger partial charge on any atom is 0.333 e. The number of carbonyl (C=O) groups is 1. The van der Waals surface area contributed by atoms with Crippen molar-refractivity contribution in [1.29, 1.82) is 0 Å². The van der Waals surface area contributed by atoms with Gasteiger partial charge in [0.1, 0.15) is 17.2 Å². The monoisotopic (exact) mass is 472 g/mol. The number of carbonyl (C=O) groups excluding carboxylic acids is 1. The Kier molecular flexibility index (Phi) is 7.38. The fourth-order valence-electron chi connectivity index (χ4n) is 3.11. The Morgan fingerprint density at radius 2 is 1.91 bits per heavy atom. The molecule has 180 valence electrons. The van der Waals surface area contributed by atoms with E-state index in [1.165, 1.54) is 4.52 Å². The van der Waals surface area contributed by atoms with Crippen molar-refractivity contribution in [2.45, 2.75) is 40.2 Å². The van der Waals surface area contributed by atoms with Crippen LogP contribution in [-0.4, -0.2) is 33.4 Å². The van der Waals surface area contributed by atoms with Crippen LogP contribution in [0.3, 0.4) is 0 Å². The molecule has 2 aromatic heterocycles. The van der Waals surface area contributed by atoms with Gasteiger partial charge in [-0.25, -0.2) is 13.9 Å². The second-order valence-electron chi connectivity index (χ2n) is 8.37. The van der Waals surface area contributed by atoms with E-state index in [1.54, 1.807) is 39.2 Å². The smallest absolute Gasteiger partial charge is 0.333 e. The largest absolute Gasteiger partial charge is 0.352 e. The number of halogens is 3. The second-order valence-corrected chi connectivity index (χ2v) is 8.37. The Balaban J connectivity index is 2.10. The summed E-state index contributed by atoms with van der Waals surface area (Å²) >= 11 is 0. The predicted molar refractivity (Wildman–Crippen MR) is 125 cm³/mol. The number of nitrogens with one attached hydrogen (secondary N) is 2.